The summed E-state index contributed by atoms with van der Waals surface area (Å²) in [4.78, 5) is 12.8. The van der Waals surface area contributed by atoms with Gasteiger partial charge in [0.1, 0.15) is 5.69 Å². The van der Waals surface area contributed by atoms with Crippen LogP contribution < -0.4 is 10.1 Å². The summed E-state index contributed by atoms with van der Waals surface area (Å²) in [6, 6.07) is 26.4. The maximum atomic E-state index is 12.8. The van der Waals surface area contributed by atoms with Crippen LogP contribution in [-0.2, 0) is 13.3 Å². The van der Waals surface area contributed by atoms with E-state index in [-0.39, 0.29) is 24.9 Å². The maximum absolute atomic E-state index is 12.8. The summed E-state index contributed by atoms with van der Waals surface area (Å²) in [5.74, 6) is 0.0576. The van der Waals surface area contributed by atoms with Crippen molar-refractivity contribution >= 4 is 29.1 Å². The summed E-state index contributed by atoms with van der Waals surface area (Å²) in [6.07, 6.45) is 3.58. The number of aromatic nitrogens is 4. The van der Waals surface area contributed by atoms with Crippen molar-refractivity contribution in [2.24, 2.45) is 0 Å². The fourth-order valence-corrected chi connectivity index (χ4v) is 4.17. The normalized spacial score (nSPS) is 10.8. The molecule has 5 aromatic rings. The van der Waals surface area contributed by atoms with E-state index in [0.29, 0.717) is 15.8 Å². The number of hydrogen-bond acceptors (Lipinski definition) is 4. The minimum absolute atomic E-state index is 0.0543. The number of carbonyl (C=O) groups excluding carboxylic acids is 1. The van der Waals surface area contributed by atoms with Crippen molar-refractivity contribution in [3.05, 3.63) is 119 Å². The van der Waals surface area contributed by atoms with E-state index in [2.05, 4.69) is 10.4 Å². The third-order valence-corrected chi connectivity index (χ3v) is 6.03. The Morgan fingerprint density at radius 1 is 0.861 bits per heavy atom. The Bertz CT molecular complexity index is 1460. The zero-order chi connectivity index (χ0) is 24.9. The van der Waals surface area contributed by atoms with Gasteiger partial charge >= 0.3 is 0 Å². The SMILES string of the molecule is O=C(NCc1cn(-c2ccccc2)nc1-c1ccccc1)c1ccn(COc2c(Cl)cccc2Cl)n1. The molecule has 0 aliphatic heterocycles. The quantitative estimate of drug-likeness (QED) is 0.273. The van der Waals surface area contributed by atoms with Gasteiger partial charge in [-0.15, -0.1) is 0 Å². The molecule has 5 rings (SSSR count). The van der Waals surface area contributed by atoms with Crippen molar-refractivity contribution in [2.75, 3.05) is 0 Å². The van der Waals surface area contributed by atoms with E-state index in [1.54, 1.807) is 30.5 Å². The molecular formula is C27H21Cl2N5O2. The van der Waals surface area contributed by atoms with E-state index in [1.807, 2.05) is 71.5 Å². The number of nitrogens with one attached hydrogen (secondary N) is 1. The van der Waals surface area contributed by atoms with Crippen LogP contribution in [0.25, 0.3) is 16.9 Å². The van der Waals surface area contributed by atoms with Gasteiger partial charge in [0.2, 0.25) is 0 Å². The van der Waals surface area contributed by atoms with Crippen molar-refractivity contribution in [1.82, 2.24) is 24.9 Å². The summed E-state index contributed by atoms with van der Waals surface area (Å²) < 4.78 is 8.99. The monoisotopic (exact) mass is 517 g/mol. The lowest BCUT2D eigenvalue weighted by Gasteiger charge is -2.09. The molecule has 9 heteroatoms. The molecule has 0 aliphatic carbocycles. The van der Waals surface area contributed by atoms with E-state index in [9.17, 15) is 4.79 Å². The Morgan fingerprint density at radius 2 is 1.56 bits per heavy atom. The van der Waals surface area contributed by atoms with E-state index < -0.39 is 0 Å². The highest BCUT2D eigenvalue weighted by Gasteiger charge is 2.15. The standard InChI is InChI=1S/C27H21Cl2N5O2/c28-22-12-7-13-23(29)26(22)36-18-33-15-14-24(31-33)27(35)30-16-20-17-34(21-10-5-2-6-11-21)32-25(20)19-8-3-1-4-9-19/h1-15,17H,16,18H2,(H,30,35). The first kappa shape index (κ1) is 23.7. The Morgan fingerprint density at radius 3 is 2.28 bits per heavy atom. The van der Waals surface area contributed by atoms with Crippen LogP contribution in [0.5, 0.6) is 5.75 Å². The van der Waals surface area contributed by atoms with Gasteiger partial charge in [-0.3, -0.25) is 4.79 Å². The van der Waals surface area contributed by atoms with Gasteiger partial charge in [0.15, 0.2) is 12.5 Å². The molecule has 36 heavy (non-hydrogen) atoms. The molecule has 1 N–H and O–H groups in total. The lowest BCUT2D eigenvalue weighted by Crippen LogP contribution is -2.23. The first-order chi connectivity index (χ1) is 17.6. The Kier molecular flexibility index (Phi) is 7.02. The van der Waals surface area contributed by atoms with Crippen LogP contribution in [0.15, 0.2) is 97.3 Å². The third-order valence-electron chi connectivity index (χ3n) is 5.43. The molecule has 3 aromatic carbocycles. The lowest BCUT2D eigenvalue weighted by molar-refractivity contribution is 0.0944. The van der Waals surface area contributed by atoms with Crippen LogP contribution in [0.2, 0.25) is 10.0 Å². The molecule has 2 aromatic heterocycles. The number of amides is 1. The molecule has 180 valence electrons. The van der Waals surface area contributed by atoms with Crippen LogP contribution in [0.3, 0.4) is 0 Å². The molecule has 0 bridgehead atoms. The number of ether oxygens (including phenoxy) is 1. The Hall–Kier alpha value is -4.07. The van der Waals surface area contributed by atoms with Crippen LogP contribution in [0.4, 0.5) is 0 Å². The largest absolute Gasteiger partial charge is 0.468 e. The molecule has 7 nitrogen and oxygen atoms in total. The van der Waals surface area contributed by atoms with E-state index in [4.69, 9.17) is 33.0 Å². The Balaban J connectivity index is 1.29. The van der Waals surface area contributed by atoms with Crippen molar-refractivity contribution in [3.8, 4) is 22.7 Å². The summed E-state index contributed by atoms with van der Waals surface area (Å²) in [5, 5.41) is 12.8. The number of carbonyl (C=O) groups is 1. The highest BCUT2D eigenvalue weighted by Crippen LogP contribution is 2.32. The van der Waals surface area contributed by atoms with Gasteiger partial charge < -0.3 is 10.1 Å². The average Bonchev–Trinajstić information content (AvgIpc) is 3.56. The number of halogens is 2. The number of hydrogen-bond donors (Lipinski definition) is 1. The average molecular weight is 518 g/mol. The van der Waals surface area contributed by atoms with Crippen LogP contribution in [-0.4, -0.2) is 25.5 Å². The minimum Gasteiger partial charge on any atom is -0.468 e. The first-order valence-corrected chi connectivity index (χ1v) is 11.9. The molecular weight excluding hydrogens is 497 g/mol. The van der Waals surface area contributed by atoms with Gasteiger partial charge in [0, 0.05) is 30.1 Å². The predicted octanol–water partition coefficient (Wildman–Crippen LogP) is 6.01. The molecule has 0 saturated carbocycles. The fourth-order valence-electron chi connectivity index (χ4n) is 3.66. The second-order valence-electron chi connectivity index (χ2n) is 7.90. The molecule has 0 spiro atoms. The fraction of sp³-hybridized carbons (Fsp3) is 0.0741. The third kappa shape index (κ3) is 5.27. The molecule has 1 amide bonds. The second kappa shape index (κ2) is 10.7. The number of para-hydroxylation sites is 2. The predicted molar refractivity (Wildman–Crippen MR) is 139 cm³/mol. The lowest BCUT2D eigenvalue weighted by atomic mass is 10.1. The van der Waals surface area contributed by atoms with Crippen LogP contribution in [0.1, 0.15) is 16.1 Å². The van der Waals surface area contributed by atoms with E-state index in [1.165, 1.54) is 4.68 Å². The topological polar surface area (TPSA) is 74.0 Å². The van der Waals surface area contributed by atoms with E-state index in [0.717, 1.165) is 22.5 Å². The Labute approximate surface area is 217 Å². The zero-order valence-electron chi connectivity index (χ0n) is 19.0. The number of rotatable bonds is 8. The van der Waals surface area contributed by atoms with Gasteiger partial charge in [0.25, 0.3) is 5.91 Å². The summed E-state index contributed by atoms with van der Waals surface area (Å²) in [5.41, 5.74) is 3.85. The molecule has 0 saturated heterocycles. The first-order valence-electron chi connectivity index (χ1n) is 11.2. The van der Waals surface area contributed by atoms with Gasteiger partial charge in [-0.2, -0.15) is 10.2 Å². The highest BCUT2D eigenvalue weighted by molar-refractivity contribution is 6.37. The van der Waals surface area contributed by atoms with Gasteiger partial charge in [-0.25, -0.2) is 9.36 Å². The summed E-state index contributed by atoms with van der Waals surface area (Å²) in [7, 11) is 0. The minimum atomic E-state index is -0.309. The van der Waals surface area contributed by atoms with Crippen LogP contribution >= 0.6 is 23.2 Å². The van der Waals surface area contributed by atoms with Gasteiger partial charge in [-0.1, -0.05) is 77.8 Å². The van der Waals surface area contributed by atoms with Crippen molar-refractivity contribution < 1.29 is 9.53 Å². The molecule has 0 atom stereocenters. The maximum Gasteiger partial charge on any atom is 0.272 e. The number of nitrogens with zero attached hydrogens (tertiary/aromatic N) is 4. The zero-order valence-corrected chi connectivity index (χ0v) is 20.5. The highest BCUT2D eigenvalue weighted by atomic mass is 35.5. The van der Waals surface area contributed by atoms with E-state index >= 15 is 0 Å². The van der Waals surface area contributed by atoms with Gasteiger partial charge in [-0.05, 0) is 30.3 Å². The van der Waals surface area contributed by atoms with Crippen LogP contribution in [0, 0.1) is 0 Å². The molecule has 2 heterocycles. The van der Waals surface area contributed by atoms with Crippen molar-refractivity contribution in [2.45, 2.75) is 13.3 Å². The van der Waals surface area contributed by atoms with Gasteiger partial charge in [0.05, 0.1) is 21.4 Å². The summed E-state index contributed by atoms with van der Waals surface area (Å²) in [6.45, 7) is 0.340. The summed E-state index contributed by atoms with van der Waals surface area (Å²) >= 11 is 12.3. The van der Waals surface area contributed by atoms with Crippen molar-refractivity contribution in [3.63, 3.8) is 0 Å². The molecule has 0 radical (unpaired) electrons. The smallest absolute Gasteiger partial charge is 0.272 e. The molecule has 0 aliphatic rings. The second-order valence-corrected chi connectivity index (χ2v) is 8.71. The molecule has 0 unspecified atom stereocenters. The number of benzene rings is 3. The molecule has 0 fully saturated rings. The van der Waals surface area contributed by atoms with Crippen molar-refractivity contribution in [1.29, 1.82) is 0 Å².